The van der Waals surface area contributed by atoms with Gasteiger partial charge in [0.2, 0.25) is 5.78 Å². The zero-order valence-electron chi connectivity index (χ0n) is 11.5. The van der Waals surface area contributed by atoms with Crippen molar-refractivity contribution in [3.8, 4) is 0 Å². The van der Waals surface area contributed by atoms with Crippen LogP contribution in [0.3, 0.4) is 0 Å². The SMILES string of the molecule is O=C(c1ccc(Cl)cc1)c1cc(CSc2ccccc2)on1. The molecule has 0 amide bonds. The highest BCUT2D eigenvalue weighted by Crippen LogP contribution is 2.23. The molecule has 0 aliphatic carbocycles. The minimum atomic E-state index is -0.170. The Morgan fingerprint density at radius 1 is 1.09 bits per heavy atom. The molecule has 110 valence electrons. The largest absolute Gasteiger partial charge is 0.360 e. The number of thioether (sulfide) groups is 1. The number of ketones is 1. The van der Waals surface area contributed by atoms with Crippen LogP contribution in [0.15, 0.2) is 70.1 Å². The number of hydrogen-bond donors (Lipinski definition) is 0. The van der Waals surface area contributed by atoms with Crippen LogP contribution in [0.4, 0.5) is 0 Å². The maximum Gasteiger partial charge on any atom is 0.214 e. The van der Waals surface area contributed by atoms with Crippen LogP contribution in [0.5, 0.6) is 0 Å². The lowest BCUT2D eigenvalue weighted by Crippen LogP contribution is -2.00. The Labute approximate surface area is 137 Å². The first-order valence-electron chi connectivity index (χ1n) is 6.66. The van der Waals surface area contributed by atoms with E-state index in [1.54, 1.807) is 42.1 Å². The van der Waals surface area contributed by atoms with Crippen LogP contribution in [0.25, 0.3) is 0 Å². The zero-order valence-corrected chi connectivity index (χ0v) is 13.1. The number of carbonyl (C=O) groups is 1. The van der Waals surface area contributed by atoms with Gasteiger partial charge in [-0.05, 0) is 36.4 Å². The van der Waals surface area contributed by atoms with Crippen molar-refractivity contribution in [3.63, 3.8) is 0 Å². The van der Waals surface area contributed by atoms with Crippen molar-refractivity contribution in [2.45, 2.75) is 10.6 Å². The monoisotopic (exact) mass is 329 g/mol. The van der Waals surface area contributed by atoms with Gasteiger partial charge in [0.05, 0.1) is 5.75 Å². The van der Waals surface area contributed by atoms with Gasteiger partial charge in [0.25, 0.3) is 0 Å². The lowest BCUT2D eigenvalue weighted by Gasteiger charge is -1.97. The first-order chi connectivity index (χ1) is 10.7. The Hall–Kier alpha value is -2.04. The van der Waals surface area contributed by atoms with E-state index >= 15 is 0 Å². The van der Waals surface area contributed by atoms with E-state index in [0.717, 1.165) is 4.90 Å². The summed E-state index contributed by atoms with van der Waals surface area (Å²) in [6, 6.07) is 18.4. The fourth-order valence-electron chi connectivity index (χ4n) is 1.91. The van der Waals surface area contributed by atoms with E-state index in [9.17, 15) is 4.79 Å². The van der Waals surface area contributed by atoms with E-state index in [-0.39, 0.29) is 5.78 Å². The summed E-state index contributed by atoms with van der Waals surface area (Å²) in [7, 11) is 0. The third-order valence-electron chi connectivity index (χ3n) is 3.02. The molecule has 0 saturated heterocycles. The maximum atomic E-state index is 12.3. The molecule has 3 aromatic rings. The second kappa shape index (κ2) is 6.81. The average Bonchev–Trinajstić information content (AvgIpc) is 3.03. The molecule has 0 N–H and O–H groups in total. The zero-order chi connectivity index (χ0) is 15.4. The molecule has 3 rings (SSSR count). The van der Waals surface area contributed by atoms with E-state index in [2.05, 4.69) is 5.16 Å². The second-order valence-electron chi connectivity index (χ2n) is 4.62. The van der Waals surface area contributed by atoms with Gasteiger partial charge in [-0.1, -0.05) is 35.0 Å². The van der Waals surface area contributed by atoms with Gasteiger partial charge >= 0.3 is 0 Å². The molecule has 0 saturated carbocycles. The van der Waals surface area contributed by atoms with Crippen LogP contribution in [0, 0.1) is 0 Å². The Kier molecular flexibility index (Phi) is 4.61. The summed E-state index contributed by atoms with van der Waals surface area (Å²) in [5.74, 6) is 1.13. The van der Waals surface area contributed by atoms with Gasteiger partial charge in [-0.2, -0.15) is 0 Å². The smallest absolute Gasteiger partial charge is 0.214 e. The normalized spacial score (nSPS) is 10.6. The van der Waals surface area contributed by atoms with Crippen molar-refractivity contribution in [2.75, 3.05) is 0 Å². The summed E-state index contributed by atoms with van der Waals surface area (Å²) in [6.07, 6.45) is 0. The van der Waals surface area contributed by atoms with Gasteiger partial charge in [0.1, 0.15) is 5.76 Å². The second-order valence-corrected chi connectivity index (χ2v) is 6.10. The molecule has 0 aliphatic heterocycles. The number of aromatic nitrogens is 1. The summed E-state index contributed by atoms with van der Waals surface area (Å²) in [4.78, 5) is 13.4. The van der Waals surface area contributed by atoms with Gasteiger partial charge in [-0.15, -0.1) is 11.8 Å². The first kappa shape index (κ1) is 14.9. The quantitative estimate of drug-likeness (QED) is 0.495. The van der Waals surface area contributed by atoms with Gasteiger partial charge in [-0.25, -0.2) is 0 Å². The highest BCUT2D eigenvalue weighted by Gasteiger charge is 2.14. The first-order valence-corrected chi connectivity index (χ1v) is 8.02. The van der Waals surface area contributed by atoms with Crippen LogP contribution >= 0.6 is 23.4 Å². The molecule has 5 heteroatoms. The molecule has 0 fully saturated rings. The van der Waals surface area contributed by atoms with Crippen molar-refractivity contribution >= 4 is 29.1 Å². The van der Waals surface area contributed by atoms with Crippen LogP contribution in [0.2, 0.25) is 5.02 Å². The van der Waals surface area contributed by atoms with Crippen molar-refractivity contribution in [2.24, 2.45) is 0 Å². The Morgan fingerprint density at radius 2 is 1.82 bits per heavy atom. The molecule has 1 heterocycles. The van der Waals surface area contributed by atoms with Crippen LogP contribution in [-0.2, 0) is 5.75 Å². The van der Waals surface area contributed by atoms with Crippen molar-refractivity contribution < 1.29 is 9.32 Å². The Balaban J connectivity index is 1.68. The predicted molar refractivity (Wildman–Crippen MR) is 87.4 cm³/mol. The molecule has 0 unspecified atom stereocenters. The van der Waals surface area contributed by atoms with Crippen LogP contribution in [-0.4, -0.2) is 10.9 Å². The highest BCUT2D eigenvalue weighted by atomic mass is 35.5. The molecule has 0 radical (unpaired) electrons. The Morgan fingerprint density at radius 3 is 2.55 bits per heavy atom. The minimum Gasteiger partial charge on any atom is -0.360 e. The van der Waals surface area contributed by atoms with E-state index in [4.69, 9.17) is 16.1 Å². The lowest BCUT2D eigenvalue weighted by atomic mass is 10.1. The average molecular weight is 330 g/mol. The molecule has 22 heavy (non-hydrogen) atoms. The van der Waals surface area contributed by atoms with E-state index < -0.39 is 0 Å². The molecular formula is C17H12ClNO2S. The molecule has 0 atom stereocenters. The summed E-state index contributed by atoms with van der Waals surface area (Å²) < 4.78 is 5.23. The number of halogens is 1. The lowest BCUT2D eigenvalue weighted by molar-refractivity contribution is 0.103. The Bertz CT molecular complexity index is 769. The van der Waals surface area contributed by atoms with Gasteiger partial charge in [0.15, 0.2) is 5.69 Å². The molecule has 0 bridgehead atoms. The third-order valence-corrected chi connectivity index (χ3v) is 4.31. The summed E-state index contributed by atoms with van der Waals surface area (Å²) >= 11 is 7.45. The van der Waals surface area contributed by atoms with Gasteiger partial charge in [0, 0.05) is 21.5 Å². The standard InChI is InChI=1S/C17H12ClNO2S/c18-13-8-6-12(7-9-13)17(20)16-10-14(21-19-16)11-22-15-4-2-1-3-5-15/h1-10H,11H2. The summed E-state index contributed by atoms with van der Waals surface area (Å²) in [5, 5.41) is 4.45. The minimum absolute atomic E-state index is 0.170. The number of nitrogens with zero attached hydrogens (tertiary/aromatic N) is 1. The van der Waals surface area contributed by atoms with Gasteiger partial charge < -0.3 is 4.52 Å². The van der Waals surface area contributed by atoms with E-state index in [1.165, 1.54) is 0 Å². The molecule has 1 aromatic heterocycles. The fraction of sp³-hybridized carbons (Fsp3) is 0.0588. The van der Waals surface area contributed by atoms with Crippen LogP contribution in [0.1, 0.15) is 21.8 Å². The number of carbonyl (C=O) groups excluding carboxylic acids is 1. The van der Waals surface area contributed by atoms with E-state index in [0.29, 0.717) is 27.8 Å². The molecule has 0 spiro atoms. The maximum absolute atomic E-state index is 12.3. The number of benzene rings is 2. The molecular weight excluding hydrogens is 318 g/mol. The van der Waals surface area contributed by atoms with Crippen molar-refractivity contribution in [1.82, 2.24) is 5.16 Å². The summed E-state index contributed by atoms with van der Waals surface area (Å²) in [5.41, 5.74) is 0.853. The number of hydrogen-bond acceptors (Lipinski definition) is 4. The summed E-state index contributed by atoms with van der Waals surface area (Å²) in [6.45, 7) is 0. The molecule has 3 nitrogen and oxygen atoms in total. The fourth-order valence-corrected chi connectivity index (χ4v) is 2.83. The van der Waals surface area contributed by atoms with Crippen molar-refractivity contribution in [1.29, 1.82) is 0 Å². The van der Waals surface area contributed by atoms with Crippen molar-refractivity contribution in [3.05, 3.63) is 82.7 Å². The van der Waals surface area contributed by atoms with E-state index in [1.807, 2.05) is 30.3 Å². The highest BCUT2D eigenvalue weighted by molar-refractivity contribution is 7.98. The topological polar surface area (TPSA) is 43.1 Å². The van der Waals surface area contributed by atoms with Crippen LogP contribution < -0.4 is 0 Å². The molecule has 0 aliphatic rings. The number of rotatable bonds is 5. The predicted octanol–water partition coefficient (Wildman–Crippen LogP) is 4.85. The van der Waals surface area contributed by atoms with Gasteiger partial charge in [-0.3, -0.25) is 4.79 Å². The molecule has 2 aromatic carbocycles. The third kappa shape index (κ3) is 3.59.